The fourth-order valence-electron chi connectivity index (χ4n) is 1.90. The maximum atomic E-state index is 11.0. The maximum absolute atomic E-state index is 11.0. The van der Waals surface area contributed by atoms with Gasteiger partial charge in [0.05, 0.1) is 5.92 Å². The van der Waals surface area contributed by atoms with Gasteiger partial charge in [0.15, 0.2) is 0 Å². The van der Waals surface area contributed by atoms with E-state index in [0.717, 1.165) is 5.39 Å². The normalized spacial score (nSPS) is 12.5. The summed E-state index contributed by atoms with van der Waals surface area (Å²) >= 11 is 0. The molecule has 0 bridgehead atoms. The summed E-state index contributed by atoms with van der Waals surface area (Å²) in [5, 5.41) is 29.6. The molecule has 2 aromatic carbocycles. The summed E-state index contributed by atoms with van der Waals surface area (Å²) in [6.07, 6.45) is 0. The van der Waals surface area contributed by atoms with Gasteiger partial charge < -0.3 is 15.3 Å². The van der Waals surface area contributed by atoms with Gasteiger partial charge in [-0.05, 0) is 35.9 Å². The molecule has 17 heavy (non-hydrogen) atoms. The van der Waals surface area contributed by atoms with Gasteiger partial charge in [0, 0.05) is 5.56 Å². The minimum atomic E-state index is -1.02. The average Bonchev–Trinajstić information content (AvgIpc) is 2.27. The Bertz CT molecular complexity index is 584. The van der Waals surface area contributed by atoms with Crippen LogP contribution in [0.1, 0.15) is 18.4 Å². The van der Waals surface area contributed by atoms with Crippen LogP contribution >= 0.6 is 0 Å². The van der Waals surface area contributed by atoms with Crippen LogP contribution in [0.25, 0.3) is 10.8 Å². The van der Waals surface area contributed by atoms with Crippen molar-refractivity contribution in [2.45, 2.75) is 12.8 Å². The smallest absolute Gasteiger partial charge is 0.310 e. The minimum absolute atomic E-state index is 0.0435. The summed E-state index contributed by atoms with van der Waals surface area (Å²) in [5.41, 5.74) is 0.325. The Balaban J connectivity index is 2.79. The third-order valence-corrected chi connectivity index (χ3v) is 2.83. The largest absolute Gasteiger partial charge is 0.508 e. The molecule has 1 unspecified atom stereocenters. The molecular formula is C13H12O4. The molecule has 2 rings (SSSR count). The molecule has 2 aromatic rings. The first-order valence-electron chi connectivity index (χ1n) is 5.18. The Morgan fingerprint density at radius 2 is 1.82 bits per heavy atom. The monoisotopic (exact) mass is 232 g/mol. The Labute approximate surface area is 97.8 Å². The lowest BCUT2D eigenvalue weighted by Crippen LogP contribution is -2.08. The number of hydrogen-bond donors (Lipinski definition) is 3. The first-order chi connectivity index (χ1) is 8.00. The van der Waals surface area contributed by atoms with E-state index in [2.05, 4.69) is 0 Å². The van der Waals surface area contributed by atoms with Crippen molar-refractivity contribution < 1.29 is 20.1 Å². The Morgan fingerprint density at radius 3 is 2.47 bits per heavy atom. The van der Waals surface area contributed by atoms with Crippen LogP contribution in [-0.4, -0.2) is 21.3 Å². The Kier molecular flexibility index (Phi) is 2.63. The fourth-order valence-corrected chi connectivity index (χ4v) is 1.90. The van der Waals surface area contributed by atoms with E-state index >= 15 is 0 Å². The Hall–Kier alpha value is -2.23. The van der Waals surface area contributed by atoms with E-state index in [1.807, 2.05) is 0 Å². The number of carboxylic acids is 1. The molecule has 4 heteroatoms. The van der Waals surface area contributed by atoms with Crippen molar-refractivity contribution in [3.63, 3.8) is 0 Å². The van der Waals surface area contributed by atoms with E-state index in [4.69, 9.17) is 5.11 Å². The molecule has 0 radical (unpaired) electrons. The van der Waals surface area contributed by atoms with Gasteiger partial charge in [-0.2, -0.15) is 0 Å². The second-order valence-electron chi connectivity index (χ2n) is 3.96. The molecule has 0 aliphatic carbocycles. The molecule has 0 amide bonds. The zero-order valence-electron chi connectivity index (χ0n) is 9.21. The van der Waals surface area contributed by atoms with Gasteiger partial charge in [0.25, 0.3) is 0 Å². The van der Waals surface area contributed by atoms with Crippen LogP contribution in [0.2, 0.25) is 0 Å². The molecule has 0 heterocycles. The number of benzene rings is 2. The molecule has 0 aromatic heterocycles. The van der Waals surface area contributed by atoms with Crippen LogP contribution in [0, 0.1) is 0 Å². The van der Waals surface area contributed by atoms with Crippen molar-refractivity contribution in [2.75, 3.05) is 0 Å². The van der Waals surface area contributed by atoms with Gasteiger partial charge >= 0.3 is 5.97 Å². The summed E-state index contributed by atoms with van der Waals surface area (Å²) in [6.45, 7) is 1.50. The maximum Gasteiger partial charge on any atom is 0.310 e. The van der Waals surface area contributed by atoms with E-state index < -0.39 is 11.9 Å². The predicted octanol–water partition coefficient (Wildman–Crippen LogP) is 2.44. The van der Waals surface area contributed by atoms with Gasteiger partial charge in [0.1, 0.15) is 11.5 Å². The highest BCUT2D eigenvalue weighted by Gasteiger charge is 2.20. The van der Waals surface area contributed by atoms with E-state index in [1.54, 1.807) is 12.1 Å². The van der Waals surface area contributed by atoms with E-state index in [1.165, 1.54) is 25.1 Å². The number of aliphatic carboxylic acids is 1. The number of rotatable bonds is 2. The SMILES string of the molecule is CC(C(=O)O)c1c(O)ccc2ccc(O)cc12. The molecule has 3 N–H and O–H groups in total. The number of phenols is 2. The third kappa shape index (κ3) is 1.89. The quantitative estimate of drug-likeness (QED) is 0.743. The molecular weight excluding hydrogens is 220 g/mol. The highest BCUT2D eigenvalue weighted by atomic mass is 16.4. The number of phenolic OH excluding ortho intramolecular Hbond substituents is 2. The first-order valence-corrected chi connectivity index (χ1v) is 5.18. The van der Waals surface area contributed by atoms with Gasteiger partial charge in [-0.1, -0.05) is 12.1 Å². The summed E-state index contributed by atoms with van der Waals surface area (Å²) in [4.78, 5) is 11.0. The van der Waals surface area contributed by atoms with Crippen molar-refractivity contribution in [1.82, 2.24) is 0 Å². The Morgan fingerprint density at radius 1 is 1.18 bits per heavy atom. The van der Waals surface area contributed by atoms with Gasteiger partial charge in [0.2, 0.25) is 0 Å². The zero-order valence-corrected chi connectivity index (χ0v) is 9.21. The molecule has 0 fully saturated rings. The standard InChI is InChI=1S/C13H12O4/c1-7(13(16)17)12-10-6-9(14)4-2-8(10)3-5-11(12)15/h2-7,14-15H,1H3,(H,16,17). The average molecular weight is 232 g/mol. The van der Waals surface area contributed by atoms with E-state index in [0.29, 0.717) is 10.9 Å². The molecule has 1 atom stereocenters. The second kappa shape index (κ2) is 3.97. The van der Waals surface area contributed by atoms with E-state index in [9.17, 15) is 15.0 Å². The fraction of sp³-hybridized carbons (Fsp3) is 0.154. The lowest BCUT2D eigenvalue weighted by Gasteiger charge is -2.13. The molecule has 0 saturated heterocycles. The highest BCUT2D eigenvalue weighted by molar-refractivity contribution is 5.93. The lowest BCUT2D eigenvalue weighted by atomic mass is 9.93. The number of hydrogen-bond acceptors (Lipinski definition) is 3. The van der Waals surface area contributed by atoms with Crippen LogP contribution < -0.4 is 0 Å². The zero-order chi connectivity index (χ0) is 12.6. The van der Waals surface area contributed by atoms with Crippen LogP contribution in [0.5, 0.6) is 11.5 Å². The van der Waals surface area contributed by atoms with Crippen LogP contribution in [0.3, 0.4) is 0 Å². The molecule has 0 saturated carbocycles. The van der Waals surface area contributed by atoms with Gasteiger partial charge in [-0.3, -0.25) is 4.79 Å². The summed E-state index contributed by atoms with van der Waals surface area (Å²) in [6, 6.07) is 7.82. The van der Waals surface area contributed by atoms with Crippen molar-refractivity contribution in [2.24, 2.45) is 0 Å². The minimum Gasteiger partial charge on any atom is -0.508 e. The molecule has 0 aliphatic rings. The molecule has 0 aliphatic heterocycles. The van der Waals surface area contributed by atoms with Crippen LogP contribution in [0.15, 0.2) is 30.3 Å². The molecule has 88 valence electrons. The lowest BCUT2D eigenvalue weighted by molar-refractivity contribution is -0.138. The van der Waals surface area contributed by atoms with Crippen molar-refractivity contribution >= 4 is 16.7 Å². The molecule has 0 spiro atoms. The van der Waals surface area contributed by atoms with Crippen molar-refractivity contribution in [3.05, 3.63) is 35.9 Å². The van der Waals surface area contributed by atoms with Crippen molar-refractivity contribution in [1.29, 1.82) is 0 Å². The summed E-state index contributed by atoms with van der Waals surface area (Å²) < 4.78 is 0. The molecule has 4 nitrogen and oxygen atoms in total. The summed E-state index contributed by atoms with van der Waals surface area (Å²) in [5.74, 6) is -1.88. The summed E-state index contributed by atoms with van der Waals surface area (Å²) in [7, 11) is 0. The third-order valence-electron chi connectivity index (χ3n) is 2.83. The van der Waals surface area contributed by atoms with Gasteiger partial charge in [-0.25, -0.2) is 0 Å². The van der Waals surface area contributed by atoms with Crippen LogP contribution in [0.4, 0.5) is 0 Å². The number of fused-ring (bicyclic) bond motifs is 1. The topological polar surface area (TPSA) is 77.8 Å². The highest BCUT2D eigenvalue weighted by Crippen LogP contribution is 2.35. The number of aromatic hydroxyl groups is 2. The number of carbonyl (C=O) groups is 1. The second-order valence-corrected chi connectivity index (χ2v) is 3.96. The van der Waals surface area contributed by atoms with Crippen LogP contribution in [-0.2, 0) is 4.79 Å². The van der Waals surface area contributed by atoms with Crippen molar-refractivity contribution in [3.8, 4) is 11.5 Å². The number of carboxylic acid groups (broad SMARTS) is 1. The first kappa shape index (κ1) is 11.3. The van der Waals surface area contributed by atoms with Gasteiger partial charge in [-0.15, -0.1) is 0 Å². The predicted molar refractivity (Wildman–Crippen MR) is 63.3 cm³/mol. The van der Waals surface area contributed by atoms with E-state index in [-0.39, 0.29) is 11.5 Å².